The lowest BCUT2D eigenvalue weighted by Crippen LogP contribution is -1.80. The molecule has 2 rings (SSSR count). The first-order valence-corrected chi connectivity index (χ1v) is 4.21. The zero-order valence-corrected chi connectivity index (χ0v) is 7.36. The predicted molar refractivity (Wildman–Crippen MR) is 46.8 cm³/mol. The van der Waals surface area contributed by atoms with Gasteiger partial charge in [0.25, 0.3) is 0 Å². The molecule has 0 unspecified atom stereocenters. The summed E-state index contributed by atoms with van der Waals surface area (Å²) in [5, 5.41) is 0. The first-order valence-electron chi connectivity index (χ1n) is 4.21. The molecule has 2 heterocycles. The van der Waals surface area contributed by atoms with Gasteiger partial charge in [-0.2, -0.15) is 0 Å². The molecule has 66 valence electrons. The SMILES string of the molecule is C1CCOC1.Cc1ncccn1. The van der Waals surface area contributed by atoms with Crippen molar-refractivity contribution in [1.29, 1.82) is 0 Å². The van der Waals surface area contributed by atoms with Crippen LogP contribution in [0.5, 0.6) is 0 Å². The minimum Gasteiger partial charge on any atom is -0.381 e. The summed E-state index contributed by atoms with van der Waals surface area (Å²) in [5.41, 5.74) is 0. The maximum atomic E-state index is 4.94. The van der Waals surface area contributed by atoms with Gasteiger partial charge in [0.05, 0.1) is 0 Å². The quantitative estimate of drug-likeness (QED) is 0.587. The molecule has 0 atom stereocenters. The molecule has 0 aromatic carbocycles. The van der Waals surface area contributed by atoms with E-state index < -0.39 is 0 Å². The number of ether oxygens (including phenoxy) is 1. The van der Waals surface area contributed by atoms with Crippen LogP contribution in [0.2, 0.25) is 0 Å². The Morgan fingerprint density at radius 3 is 2.00 bits per heavy atom. The van der Waals surface area contributed by atoms with E-state index in [9.17, 15) is 0 Å². The summed E-state index contributed by atoms with van der Waals surface area (Å²) >= 11 is 0. The van der Waals surface area contributed by atoms with Crippen molar-refractivity contribution in [3.63, 3.8) is 0 Å². The highest BCUT2D eigenvalue weighted by Gasteiger charge is 1.94. The van der Waals surface area contributed by atoms with E-state index in [1.54, 1.807) is 18.5 Å². The molecule has 12 heavy (non-hydrogen) atoms. The number of aryl methyl sites for hydroxylation is 1. The molecule has 0 bridgehead atoms. The molecule has 3 nitrogen and oxygen atoms in total. The van der Waals surface area contributed by atoms with Crippen molar-refractivity contribution in [3.05, 3.63) is 24.3 Å². The highest BCUT2D eigenvalue weighted by atomic mass is 16.5. The maximum absolute atomic E-state index is 4.94. The summed E-state index contributed by atoms with van der Waals surface area (Å²) in [6.45, 7) is 3.86. The number of nitrogens with zero attached hydrogens (tertiary/aromatic N) is 2. The van der Waals surface area contributed by atoms with Crippen LogP contribution in [0.3, 0.4) is 0 Å². The summed E-state index contributed by atoms with van der Waals surface area (Å²) in [7, 11) is 0. The second kappa shape index (κ2) is 5.66. The van der Waals surface area contributed by atoms with Crippen molar-refractivity contribution < 1.29 is 4.74 Å². The Balaban J connectivity index is 0.000000127. The van der Waals surface area contributed by atoms with Gasteiger partial charge < -0.3 is 4.74 Å². The molecular weight excluding hydrogens is 152 g/mol. The Bertz CT molecular complexity index is 189. The molecule has 1 aromatic rings. The van der Waals surface area contributed by atoms with E-state index in [4.69, 9.17) is 4.74 Å². The van der Waals surface area contributed by atoms with Gasteiger partial charge in [0, 0.05) is 25.6 Å². The molecule has 0 aliphatic carbocycles. The standard InChI is InChI=1S/C5H6N2.C4H8O/c1-5-6-3-2-4-7-5;1-2-4-5-3-1/h2-4H,1H3;1-4H2. The van der Waals surface area contributed by atoms with Gasteiger partial charge in [-0.25, -0.2) is 9.97 Å². The summed E-state index contributed by atoms with van der Waals surface area (Å²) in [4.78, 5) is 7.74. The molecule has 0 saturated carbocycles. The van der Waals surface area contributed by atoms with Crippen LogP contribution in [0.4, 0.5) is 0 Å². The van der Waals surface area contributed by atoms with Gasteiger partial charge in [-0.3, -0.25) is 0 Å². The van der Waals surface area contributed by atoms with Crippen LogP contribution in [-0.2, 0) is 4.74 Å². The summed E-state index contributed by atoms with van der Waals surface area (Å²) in [6, 6.07) is 1.80. The molecule has 0 amide bonds. The van der Waals surface area contributed by atoms with E-state index in [1.807, 2.05) is 6.92 Å². The smallest absolute Gasteiger partial charge is 0.125 e. The third-order valence-electron chi connectivity index (χ3n) is 1.52. The Morgan fingerprint density at radius 1 is 1.17 bits per heavy atom. The normalized spacial score (nSPS) is 15.1. The average Bonchev–Trinajstić information content (AvgIpc) is 2.62. The van der Waals surface area contributed by atoms with Gasteiger partial charge in [0.1, 0.15) is 5.82 Å². The highest BCUT2D eigenvalue weighted by Crippen LogP contribution is 1.98. The van der Waals surface area contributed by atoms with Crippen molar-refractivity contribution in [2.45, 2.75) is 19.8 Å². The van der Waals surface area contributed by atoms with E-state index in [0.717, 1.165) is 19.0 Å². The van der Waals surface area contributed by atoms with Gasteiger partial charge in [-0.05, 0) is 25.8 Å². The fourth-order valence-corrected chi connectivity index (χ4v) is 0.884. The van der Waals surface area contributed by atoms with Gasteiger partial charge in [-0.1, -0.05) is 0 Å². The van der Waals surface area contributed by atoms with Gasteiger partial charge in [0.15, 0.2) is 0 Å². The van der Waals surface area contributed by atoms with E-state index in [2.05, 4.69) is 9.97 Å². The molecule has 1 aliphatic rings. The van der Waals surface area contributed by atoms with Crippen LogP contribution in [0.15, 0.2) is 18.5 Å². The van der Waals surface area contributed by atoms with Crippen LogP contribution >= 0.6 is 0 Å². The van der Waals surface area contributed by atoms with Crippen molar-refractivity contribution in [2.75, 3.05) is 13.2 Å². The van der Waals surface area contributed by atoms with Gasteiger partial charge in [0.2, 0.25) is 0 Å². The Hall–Kier alpha value is -0.960. The van der Waals surface area contributed by atoms with Crippen molar-refractivity contribution in [3.8, 4) is 0 Å². The van der Waals surface area contributed by atoms with Crippen LogP contribution in [-0.4, -0.2) is 23.2 Å². The van der Waals surface area contributed by atoms with Crippen LogP contribution in [0.25, 0.3) is 0 Å². The fraction of sp³-hybridized carbons (Fsp3) is 0.556. The predicted octanol–water partition coefficient (Wildman–Crippen LogP) is 1.58. The molecular formula is C9H14N2O. The second-order valence-electron chi connectivity index (χ2n) is 2.62. The minimum atomic E-state index is 0.822. The number of hydrogen-bond acceptors (Lipinski definition) is 3. The number of aromatic nitrogens is 2. The lowest BCUT2D eigenvalue weighted by atomic mass is 10.4. The molecule has 1 aliphatic heterocycles. The zero-order chi connectivity index (χ0) is 8.65. The zero-order valence-electron chi connectivity index (χ0n) is 7.36. The Labute approximate surface area is 72.8 Å². The molecule has 0 radical (unpaired) electrons. The topological polar surface area (TPSA) is 35.0 Å². The van der Waals surface area contributed by atoms with Crippen LogP contribution in [0.1, 0.15) is 18.7 Å². The third-order valence-corrected chi connectivity index (χ3v) is 1.52. The van der Waals surface area contributed by atoms with E-state index in [1.165, 1.54) is 12.8 Å². The lowest BCUT2D eigenvalue weighted by Gasteiger charge is -1.81. The second-order valence-corrected chi connectivity index (χ2v) is 2.62. The Morgan fingerprint density at radius 2 is 1.75 bits per heavy atom. The van der Waals surface area contributed by atoms with Crippen molar-refractivity contribution in [2.24, 2.45) is 0 Å². The summed E-state index contributed by atoms with van der Waals surface area (Å²) in [5.74, 6) is 0.822. The van der Waals surface area contributed by atoms with Crippen LogP contribution in [0, 0.1) is 6.92 Å². The first kappa shape index (κ1) is 9.13. The summed E-state index contributed by atoms with van der Waals surface area (Å²) in [6.07, 6.45) is 6.00. The monoisotopic (exact) mass is 166 g/mol. The minimum absolute atomic E-state index is 0.822. The Kier molecular flexibility index (Phi) is 4.31. The molecule has 1 aromatic heterocycles. The molecule has 0 spiro atoms. The largest absolute Gasteiger partial charge is 0.381 e. The van der Waals surface area contributed by atoms with Gasteiger partial charge in [-0.15, -0.1) is 0 Å². The van der Waals surface area contributed by atoms with E-state index in [-0.39, 0.29) is 0 Å². The lowest BCUT2D eigenvalue weighted by molar-refractivity contribution is 0.198. The molecule has 3 heteroatoms. The van der Waals surface area contributed by atoms with Crippen LogP contribution < -0.4 is 0 Å². The molecule has 1 saturated heterocycles. The highest BCUT2D eigenvalue weighted by molar-refractivity contribution is 4.83. The van der Waals surface area contributed by atoms with Gasteiger partial charge >= 0.3 is 0 Å². The molecule has 1 fully saturated rings. The average molecular weight is 166 g/mol. The third kappa shape index (κ3) is 4.03. The van der Waals surface area contributed by atoms with Crippen molar-refractivity contribution in [1.82, 2.24) is 9.97 Å². The molecule has 0 N–H and O–H groups in total. The number of hydrogen-bond donors (Lipinski definition) is 0. The first-order chi connectivity index (χ1) is 5.89. The fourth-order valence-electron chi connectivity index (χ4n) is 0.884. The van der Waals surface area contributed by atoms with E-state index in [0.29, 0.717) is 0 Å². The van der Waals surface area contributed by atoms with E-state index >= 15 is 0 Å². The van der Waals surface area contributed by atoms with Crippen molar-refractivity contribution >= 4 is 0 Å². The summed E-state index contributed by atoms with van der Waals surface area (Å²) < 4.78 is 4.94. The number of rotatable bonds is 0. The maximum Gasteiger partial charge on any atom is 0.125 e.